The number of nitrogens with zero attached hydrogens (tertiary/aromatic N) is 3. The van der Waals surface area contributed by atoms with Gasteiger partial charge in [0, 0.05) is 30.2 Å². The Labute approximate surface area is 171 Å². The van der Waals surface area contributed by atoms with E-state index in [-0.39, 0.29) is 29.5 Å². The molecule has 0 aliphatic carbocycles. The molecule has 2 atom stereocenters. The quantitative estimate of drug-likeness (QED) is 0.655. The van der Waals surface area contributed by atoms with Crippen molar-refractivity contribution in [2.75, 3.05) is 17.3 Å². The van der Waals surface area contributed by atoms with Crippen LogP contribution >= 0.6 is 11.8 Å². The fraction of sp³-hybridized carbons (Fsp3) is 0.500. The minimum atomic E-state index is -3.01. The van der Waals surface area contributed by atoms with Gasteiger partial charge in [-0.1, -0.05) is 19.1 Å². The molecule has 1 aliphatic rings. The second-order valence-corrected chi connectivity index (χ2v) is 10.4. The molecule has 2 aromatic rings. The molecule has 0 saturated carbocycles. The highest BCUT2D eigenvalue weighted by atomic mass is 32.2. The summed E-state index contributed by atoms with van der Waals surface area (Å²) in [5, 5.41) is 4.21. The number of hydrogen-bond donors (Lipinski definition) is 0. The van der Waals surface area contributed by atoms with Crippen molar-refractivity contribution in [3.05, 3.63) is 48.3 Å². The van der Waals surface area contributed by atoms with Gasteiger partial charge >= 0.3 is 0 Å². The monoisotopic (exact) mass is 421 g/mol. The van der Waals surface area contributed by atoms with Crippen LogP contribution in [0.15, 0.2) is 42.7 Å². The molecule has 0 N–H and O–H groups in total. The Kier molecular flexibility index (Phi) is 6.82. The number of amides is 1. The van der Waals surface area contributed by atoms with Gasteiger partial charge in [-0.2, -0.15) is 5.10 Å². The molecule has 1 aliphatic heterocycles. The molecule has 2 heterocycles. The Hall–Kier alpha value is -1.80. The van der Waals surface area contributed by atoms with Gasteiger partial charge in [0.05, 0.1) is 22.9 Å². The highest BCUT2D eigenvalue weighted by Gasteiger charge is 2.36. The number of carbonyl (C=O) groups excluding carboxylic acids is 1. The van der Waals surface area contributed by atoms with E-state index >= 15 is 0 Å². The van der Waals surface area contributed by atoms with Gasteiger partial charge in [-0.25, -0.2) is 13.1 Å². The average molecular weight is 422 g/mol. The highest BCUT2D eigenvalue weighted by Crippen LogP contribution is 2.23. The van der Waals surface area contributed by atoms with Crippen LogP contribution in [0.3, 0.4) is 0 Å². The Balaban J connectivity index is 1.55. The van der Waals surface area contributed by atoms with Crippen molar-refractivity contribution in [2.24, 2.45) is 0 Å². The molecule has 0 unspecified atom stereocenters. The first kappa shape index (κ1) is 20.9. The first-order chi connectivity index (χ1) is 13.4. The Morgan fingerprint density at radius 1 is 1.36 bits per heavy atom. The van der Waals surface area contributed by atoms with Crippen molar-refractivity contribution in [1.29, 1.82) is 0 Å². The lowest BCUT2D eigenvalue weighted by atomic mass is 10.1. The van der Waals surface area contributed by atoms with Crippen LogP contribution in [0.25, 0.3) is 5.69 Å². The van der Waals surface area contributed by atoms with Gasteiger partial charge in [-0.15, -0.1) is 11.8 Å². The van der Waals surface area contributed by atoms with Crippen LogP contribution in [-0.4, -0.2) is 58.3 Å². The minimum Gasteiger partial charge on any atom is -0.335 e. The molecule has 1 fully saturated rings. The van der Waals surface area contributed by atoms with Crippen LogP contribution in [-0.2, 0) is 20.4 Å². The van der Waals surface area contributed by atoms with Crippen LogP contribution in [0.2, 0.25) is 0 Å². The molecule has 0 radical (unpaired) electrons. The molecule has 1 amide bonds. The molecule has 6 nitrogen and oxygen atoms in total. The fourth-order valence-corrected chi connectivity index (χ4v) is 6.06. The van der Waals surface area contributed by atoms with E-state index in [4.69, 9.17) is 0 Å². The molecular formula is C20H27N3O3S2. The van der Waals surface area contributed by atoms with E-state index in [1.807, 2.05) is 55.3 Å². The van der Waals surface area contributed by atoms with Crippen LogP contribution in [0.4, 0.5) is 0 Å². The van der Waals surface area contributed by atoms with E-state index < -0.39 is 9.84 Å². The lowest BCUT2D eigenvalue weighted by molar-refractivity contribution is -0.132. The molecule has 8 heteroatoms. The third kappa shape index (κ3) is 5.17. The van der Waals surface area contributed by atoms with E-state index in [0.29, 0.717) is 12.2 Å². The van der Waals surface area contributed by atoms with E-state index in [0.717, 1.165) is 23.4 Å². The number of benzene rings is 1. The third-order valence-electron chi connectivity index (χ3n) is 5.16. The van der Waals surface area contributed by atoms with Crippen LogP contribution in [0.1, 0.15) is 32.3 Å². The van der Waals surface area contributed by atoms with Crippen molar-refractivity contribution in [3.8, 4) is 5.69 Å². The third-order valence-corrected chi connectivity index (χ3v) is 7.89. The maximum absolute atomic E-state index is 12.8. The molecule has 0 bridgehead atoms. The maximum Gasteiger partial charge on any atom is 0.233 e. The first-order valence-electron chi connectivity index (χ1n) is 9.58. The molecular weight excluding hydrogens is 394 g/mol. The average Bonchev–Trinajstić information content (AvgIpc) is 3.32. The zero-order chi connectivity index (χ0) is 20.1. The summed E-state index contributed by atoms with van der Waals surface area (Å²) >= 11 is 1.57. The van der Waals surface area contributed by atoms with Crippen LogP contribution in [0.5, 0.6) is 0 Å². The molecule has 152 valence electrons. The first-order valence-corrected chi connectivity index (χ1v) is 12.6. The number of aromatic nitrogens is 2. The van der Waals surface area contributed by atoms with Crippen molar-refractivity contribution in [1.82, 2.24) is 14.7 Å². The van der Waals surface area contributed by atoms with Gasteiger partial charge in [0.25, 0.3) is 0 Å². The van der Waals surface area contributed by atoms with Crippen molar-refractivity contribution in [2.45, 2.75) is 44.5 Å². The van der Waals surface area contributed by atoms with Gasteiger partial charge < -0.3 is 4.90 Å². The SMILES string of the molecule is CC[C@@H](C)N(C(=O)CSCc1ccc(-n2cccn2)cc1)[C@@H]1CCS(=O)(=O)C1. The molecule has 1 aromatic carbocycles. The van der Waals surface area contributed by atoms with Crippen molar-refractivity contribution < 1.29 is 13.2 Å². The van der Waals surface area contributed by atoms with Gasteiger partial charge in [-0.05, 0) is 43.5 Å². The summed E-state index contributed by atoms with van der Waals surface area (Å²) in [6, 6.07) is 9.88. The zero-order valence-corrected chi connectivity index (χ0v) is 18.0. The van der Waals surface area contributed by atoms with E-state index in [1.54, 1.807) is 22.6 Å². The van der Waals surface area contributed by atoms with E-state index in [2.05, 4.69) is 5.10 Å². The van der Waals surface area contributed by atoms with Gasteiger partial charge in [0.2, 0.25) is 5.91 Å². The second kappa shape index (κ2) is 9.13. The standard InChI is InChI=1S/C20H27N3O3S2/c1-3-16(2)23(19-9-12-28(25,26)15-19)20(24)14-27-13-17-5-7-18(8-6-17)22-11-4-10-21-22/h4-8,10-11,16,19H,3,9,12-15H2,1-2H3/t16-,19-/m1/s1. The highest BCUT2D eigenvalue weighted by molar-refractivity contribution is 7.99. The Morgan fingerprint density at radius 2 is 2.11 bits per heavy atom. The second-order valence-electron chi connectivity index (χ2n) is 7.23. The maximum atomic E-state index is 12.8. The van der Waals surface area contributed by atoms with Crippen molar-refractivity contribution in [3.63, 3.8) is 0 Å². The molecule has 1 aromatic heterocycles. The summed E-state index contributed by atoms with van der Waals surface area (Å²) in [5.41, 5.74) is 2.15. The number of carbonyl (C=O) groups is 1. The summed E-state index contributed by atoms with van der Waals surface area (Å²) < 4.78 is 25.5. The number of sulfone groups is 1. The molecule has 0 spiro atoms. The lowest BCUT2D eigenvalue weighted by Gasteiger charge is -2.33. The van der Waals surface area contributed by atoms with Crippen LogP contribution < -0.4 is 0 Å². The smallest absolute Gasteiger partial charge is 0.233 e. The Bertz CT molecular complexity index is 880. The summed E-state index contributed by atoms with van der Waals surface area (Å²) in [5.74, 6) is 1.43. The lowest BCUT2D eigenvalue weighted by Crippen LogP contribution is -2.47. The van der Waals surface area contributed by atoms with E-state index in [1.165, 1.54) is 0 Å². The van der Waals surface area contributed by atoms with Crippen molar-refractivity contribution >= 4 is 27.5 Å². The summed E-state index contributed by atoms with van der Waals surface area (Å²) in [4.78, 5) is 14.7. The van der Waals surface area contributed by atoms with Gasteiger partial charge in [-0.3, -0.25) is 4.79 Å². The molecule has 28 heavy (non-hydrogen) atoms. The summed E-state index contributed by atoms with van der Waals surface area (Å²) in [6.45, 7) is 4.03. The Morgan fingerprint density at radius 3 is 2.68 bits per heavy atom. The topological polar surface area (TPSA) is 72.3 Å². The minimum absolute atomic E-state index is 0.0367. The number of hydrogen-bond acceptors (Lipinski definition) is 5. The number of rotatable bonds is 8. The number of thioether (sulfide) groups is 1. The summed E-state index contributed by atoms with van der Waals surface area (Å²) in [7, 11) is -3.01. The van der Waals surface area contributed by atoms with E-state index in [9.17, 15) is 13.2 Å². The fourth-order valence-electron chi connectivity index (χ4n) is 3.50. The van der Waals surface area contributed by atoms with Crippen LogP contribution in [0, 0.1) is 0 Å². The largest absolute Gasteiger partial charge is 0.335 e. The molecule has 1 saturated heterocycles. The van der Waals surface area contributed by atoms with Gasteiger partial charge in [0.1, 0.15) is 0 Å². The zero-order valence-electron chi connectivity index (χ0n) is 16.3. The molecule has 3 rings (SSSR count). The normalized spacial score (nSPS) is 19.4. The summed E-state index contributed by atoms with van der Waals surface area (Å²) in [6.07, 6.45) is 5.02. The predicted molar refractivity (Wildman–Crippen MR) is 113 cm³/mol. The predicted octanol–water partition coefficient (Wildman–Crippen LogP) is 2.92. The van der Waals surface area contributed by atoms with Gasteiger partial charge in [0.15, 0.2) is 9.84 Å².